The van der Waals surface area contributed by atoms with E-state index in [0.29, 0.717) is 18.8 Å². The molecule has 1 aliphatic heterocycles. The molecule has 1 aromatic carbocycles. The van der Waals surface area contributed by atoms with Crippen molar-refractivity contribution in [3.63, 3.8) is 0 Å². The second kappa shape index (κ2) is 10.5. The minimum atomic E-state index is -0.620. The Kier molecular flexibility index (Phi) is 7.97. The van der Waals surface area contributed by atoms with Gasteiger partial charge in [-0.3, -0.25) is 9.78 Å². The SMILES string of the molecule is Cc1cc(N2CCN(C(=O)[C@H](NC(=O)Nc3ccc(CI)cc3)C(C)(C)C)CC2)ccn1. The van der Waals surface area contributed by atoms with Crippen molar-refractivity contribution in [1.29, 1.82) is 0 Å². The summed E-state index contributed by atoms with van der Waals surface area (Å²) in [5, 5.41) is 5.77. The number of urea groups is 1. The normalized spacial score (nSPS) is 15.3. The molecule has 172 valence electrons. The van der Waals surface area contributed by atoms with Gasteiger partial charge in [0.25, 0.3) is 0 Å². The topological polar surface area (TPSA) is 77.6 Å². The highest BCUT2D eigenvalue weighted by atomic mass is 127. The summed E-state index contributed by atoms with van der Waals surface area (Å²) in [6.45, 7) is 10.6. The zero-order chi connectivity index (χ0) is 23.3. The van der Waals surface area contributed by atoms with E-state index in [1.807, 2.05) is 69.1 Å². The van der Waals surface area contributed by atoms with Crippen LogP contribution in [0.4, 0.5) is 16.2 Å². The predicted molar refractivity (Wildman–Crippen MR) is 137 cm³/mol. The Hall–Kier alpha value is -2.36. The van der Waals surface area contributed by atoms with E-state index in [9.17, 15) is 9.59 Å². The average Bonchev–Trinajstić information content (AvgIpc) is 2.77. The van der Waals surface area contributed by atoms with Crippen LogP contribution in [0.15, 0.2) is 42.6 Å². The number of halogens is 1. The molecule has 32 heavy (non-hydrogen) atoms. The smallest absolute Gasteiger partial charge is 0.319 e. The maximum Gasteiger partial charge on any atom is 0.319 e. The zero-order valence-corrected chi connectivity index (χ0v) is 21.3. The Bertz CT molecular complexity index is 934. The lowest BCUT2D eigenvalue weighted by Gasteiger charge is -2.40. The van der Waals surface area contributed by atoms with Crippen molar-refractivity contribution in [2.75, 3.05) is 36.4 Å². The van der Waals surface area contributed by atoms with Crippen LogP contribution in [-0.2, 0) is 9.22 Å². The first-order chi connectivity index (χ1) is 15.2. The van der Waals surface area contributed by atoms with Crippen LogP contribution in [0.3, 0.4) is 0 Å². The Morgan fingerprint density at radius 2 is 1.75 bits per heavy atom. The summed E-state index contributed by atoms with van der Waals surface area (Å²) < 4.78 is 0.916. The number of nitrogens with zero attached hydrogens (tertiary/aromatic N) is 3. The summed E-state index contributed by atoms with van der Waals surface area (Å²) in [7, 11) is 0. The summed E-state index contributed by atoms with van der Waals surface area (Å²) in [6, 6.07) is 10.8. The Labute approximate surface area is 204 Å². The van der Waals surface area contributed by atoms with Gasteiger partial charge in [0.15, 0.2) is 0 Å². The number of aromatic nitrogens is 1. The van der Waals surface area contributed by atoms with Gasteiger partial charge in [0.1, 0.15) is 6.04 Å². The summed E-state index contributed by atoms with van der Waals surface area (Å²) in [5.41, 5.74) is 3.59. The van der Waals surface area contributed by atoms with E-state index in [4.69, 9.17) is 0 Å². The molecule has 2 N–H and O–H groups in total. The van der Waals surface area contributed by atoms with E-state index < -0.39 is 11.5 Å². The van der Waals surface area contributed by atoms with Crippen LogP contribution in [0.2, 0.25) is 0 Å². The van der Waals surface area contributed by atoms with Crippen LogP contribution < -0.4 is 15.5 Å². The number of rotatable bonds is 5. The van der Waals surface area contributed by atoms with Gasteiger partial charge in [-0.25, -0.2) is 4.79 Å². The molecule has 3 amide bonds. The molecule has 2 heterocycles. The van der Waals surface area contributed by atoms with Crippen molar-refractivity contribution in [2.24, 2.45) is 5.41 Å². The fourth-order valence-corrected chi connectivity index (χ4v) is 4.23. The largest absolute Gasteiger partial charge is 0.368 e. The molecule has 1 aromatic heterocycles. The predicted octanol–water partition coefficient (Wildman–Crippen LogP) is 4.21. The van der Waals surface area contributed by atoms with Crippen LogP contribution in [-0.4, -0.2) is 54.0 Å². The molecule has 7 nitrogen and oxygen atoms in total. The van der Waals surface area contributed by atoms with Gasteiger partial charge in [-0.1, -0.05) is 55.5 Å². The monoisotopic (exact) mass is 549 g/mol. The number of aryl methyl sites for hydroxylation is 1. The van der Waals surface area contributed by atoms with Crippen molar-refractivity contribution < 1.29 is 9.59 Å². The number of hydrogen-bond donors (Lipinski definition) is 2. The van der Waals surface area contributed by atoms with E-state index in [2.05, 4.69) is 49.2 Å². The number of carbonyl (C=O) groups is 2. The zero-order valence-electron chi connectivity index (χ0n) is 19.2. The van der Waals surface area contributed by atoms with Crippen molar-refractivity contribution in [1.82, 2.24) is 15.2 Å². The number of nitrogens with one attached hydrogen (secondary N) is 2. The lowest BCUT2D eigenvalue weighted by atomic mass is 9.85. The van der Waals surface area contributed by atoms with Gasteiger partial charge in [-0.2, -0.15) is 0 Å². The summed E-state index contributed by atoms with van der Waals surface area (Å²) in [4.78, 5) is 34.4. The molecule has 0 spiro atoms. The molecule has 1 atom stereocenters. The first kappa shape index (κ1) is 24.3. The van der Waals surface area contributed by atoms with E-state index in [1.165, 1.54) is 5.56 Å². The highest BCUT2D eigenvalue weighted by molar-refractivity contribution is 14.1. The maximum atomic E-state index is 13.4. The third-order valence-corrected chi connectivity index (χ3v) is 6.47. The molecule has 1 aliphatic rings. The molecular weight excluding hydrogens is 517 g/mol. The van der Waals surface area contributed by atoms with Crippen LogP contribution in [0.1, 0.15) is 32.0 Å². The van der Waals surface area contributed by atoms with Crippen LogP contribution in [0, 0.1) is 12.3 Å². The maximum absolute atomic E-state index is 13.4. The van der Waals surface area contributed by atoms with Gasteiger partial charge in [-0.15, -0.1) is 0 Å². The molecule has 0 saturated carbocycles. The van der Waals surface area contributed by atoms with Crippen LogP contribution in [0.25, 0.3) is 0 Å². The lowest BCUT2D eigenvalue weighted by Crippen LogP contribution is -2.59. The van der Waals surface area contributed by atoms with Gasteiger partial charge in [0.05, 0.1) is 0 Å². The first-order valence-electron chi connectivity index (χ1n) is 10.9. The quantitative estimate of drug-likeness (QED) is 0.433. The summed E-state index contributed by atoms with van der Waals surface area (Å²) in [6.07, 6.45) is 1.82. The Balaban J connectivity index is 1.61. The Morgan fingerprint density at radius 1 is 1.09 bits per heavy atom. The summed E-state index contributed by atoms with van der Waals surface area (Å²) in [5.74, 6) is -0.0431. The lowest BCUT2D eigenvalue weighted by molar-refractivity contribution is -0.136. The number of amides is 3. The molecule has 2 aromatic rings. The van der Waals surface area contributed by atoms with Gasteiger partial charge in [0, 0.05) is 53.9 Å². The van der Waals surface area contributed by atoms with E-state index in [1.54, 1.807) is 0 Å². The first-order valence-corrected chi connectivity index (χ1v) is 12.4. The number of alkyl halides is 1. The molecule has 1 fully saturated rings. The number of benzene rings is 1. The second-order valence-corrected chi connectivity index (χ2v) is 9.96. The third-order valence-electron chi connectivity index (χ3n) is 5.59. The standard InChI is InChI=1S/C24H32IN5O2/c1-17-15-20(9-10-26-17)29-11-13-30(14-12-29)22(31)21(24(2,3)4)28-23(32)27-19-7-5-18(16-25)6-8-19/h5-10,15,21H,11-14,16H2,1-4H3,(H2,27,28,32)/t21-/m0/s1. The number of anilines is 2. The number of piperazine rings is 1. The minimum absolute atomic E-state index is 0.0431. The molecule has 0 unspecified atom stereocenters. The van der Waals surface area contributed by atoms with Crippen molar-refractivity contribution in [3.8, 4) is 0 Å². The second-order valence-electron chi connectivity index (χ2n) is 9.20. The fraction of sp³-hybridized carbons (Fsp3) is 0.458. The molecular formula is C24H32IN5O2. The van der Waals surface area contributed by atoms with Gasteiger partial charge < -0.3 is 20.4 Å². The minimum Gasteiger partial charge on any atom is -0.368 e. The van der Waals surface area contributed by atoms with E-state index in [-0.39, 0.29) is 11.9 Å². The van der Waals surface area contributed by atoms with Crippen LogP contribution >= 0.6 is 22.6 Å². The molecule has 8 heteroatoms. The molecule has 0 aliphatic carbocycles. The van der Waals surface area contributed by atoms with Gasteiger partial charge >= 0.3 is 6.03 Å². The number of pyridine rings is 1. The van der Waals surface area contributed by atoms with Gasteiger partial charge in [0.2, 0.25) is 5.91 Å². The third kappa shape index (κ3) is 6.34. The van der Waals surface area contributed by atoms with Crippen molar-refractivity contribution in [2.45, 2.75) is 38.2 Å². The van der Waals surface area contributed by atoms with Crippen molar-refractivity contribution >= 4 is 45.9 Å². The van der Waals surface area contributed by atoms with Crippen molar-refractivity contribution in [3.05, 3.63) is 53.9 Å². The molecule has 3 rings (SSSR count). The van der Waals surface area contributed by atoms with Gasteiger partial charge in [-0.05, 0) is 42.2 Å². The number of hydrogen-bond acceptors (Lipinski definition) is 4. The summed E-state index contributed by atoms with van der Waals surface area (Å²) >= 11 is 2.30. The average molecular weight is 549 g/mol. The Morgan fingerprint density at radius 3 is 2.31 bits per heavy atom. The van der Waals surface area contributed by atoms with E-state index in [0.717, 1.165) is 28.9 Å². The molecule has 1 saturated heterocycles. The fourth-order valence-electron chi connectivity index (χ4n) is 3.72. The van der Waals surface area contributed by atoms with Crippen LogP contribution in [0.5, 0.6) is 0 Å². The highest BCUT2D eigenvalue weighted by Gasteiger charge is 2.36. The number of carbonyl (C=O) groups excluding carboxylic acids is 2. The van der Waals surface area contributed by atoms with E-state index >= 15 is 0 Å². The molecule has 0 bridgehead atoms. The highest BCUT2D eigenvalue weighted by Crippen LogP contribution is 2.23. The molecule has 0 radical (unpaired) electrons.